The molecular formula is C19H13F2N3O3. The van der Waals surface area contributed by atoms with Crippen LogP contribution in [0.25, 0.3) is 11.0 Å². The molecule has 0 radical (unpaired) electrons. The number of H-pyrrole nitrogens is 1. The van der Waals surface area contributed by atoms with E-state index in [-0.39, 0.29) is 11.1 Å². The van der Waals surface area contributed by atoms with Gasteiger partial charge < -0.3 is 10.1 Å². The molecule has 8 heteroatoms. The number of carbonyl (C=O) groups is 2. The van der Waals surface area contributed by atoms with Gasteiger partial charge in [-0.15, -0.1) is 0 Å². The molecule has 2 aromatic carbocycles. The minimum absolute atomic E-state index is 0.220. The molecule has 1 aliphatic rings. The van der Waals surface area contributed by atoms with Crippen molar-refractivity contribution in [1.29, 1.82) is 0 Å². The van der Waals surface area contributed by atoms with Crippen molar-refractivity contribution in [3.63, 3.8) is 0 Å². The summed E-state index contributed by atoms with van der Waals surface area (Å²) < 4.78 is 28.3. The Morgan fingerprint density at radius 3 is 2.78 bits per heavy atom. The van der Waals surface area contributed by atoms with Crippen LogP contribution in [-0.2, 0) is 9.59 Å². The van der Waals surface area contributed by atoms with Crippen molar-refractivity contribution in [2.24, 2.45) is 0 Å². The Balaban J connectivity index is 1.95. The van der Waals surface area contributed by atoms with Crippen molar-refractivity contribution in [2.75, 3.05) is 4.90 Å². The average molecular weight is 369 g/mol. The van der Waals surface area contributed by atoms with Crippen LogP contribution in [0.3, 0.4) is 0 Å². The average Bonchev–Trinajstić information content (AvgIpc) is 3.20. The van der Waals surface area contributed by atoms with Crippen LogP contribution in [0.5, 0.6) is 0 Å². The lowest BCUT2D eigenvalue weighted by atomic mass is 9.96. The summed E-state index contributed by atoms with van der Waals surface area (Å²) in [5.41, 5.74) is 1.04. The summed E-state index contributed by atoms with van der Waals surface area (Å²) in [6.45, 7) is 1.16. The van der Waals surface area contributed by atoms with E-state index in [0.717, 1.165) is 17.9 Å². The molecule has 2 N–H and O–H groups in total. The van der Waals surface area contributed by atoms with Gasteiger partial charge in [-0.2, -0.15) is 0 Å². The molecule has 136 valence electrons. The fraction of sp³-hybridized carbons (Fsp3) is 0.105. The second-order valence-electron chi connectivity index (χ2n) is 6.14. The molecule has 2 heterocycles. The maximum atomic E-state index is 14.5. The van der Waals surface area contributed by atoms with Gasteiger partial charge in [-0.05, 0) is 31.2 Å². The monoisotopic (exact) mass is 369 g/mol. The number of Topliss-reactive ketones (excluding diaryl/α,β-unsaturated/α-hetero) is 1. The summed E-state index contributed by atoms with van der Waals surface area (Å²) in [7, 11) is 0. The Kier molecular flexibility index (Phi) is 3.76. The number of amides is 1. The molecule has 6 nitrogen and oxygen atoms in total. The van der Waals surface area contributed by atoms with Crippen LogP contribution in [-0.4, -0.2) is 26.8 Å². The van der Waals surface area contributed by atoms with Gasteiger partial charge >= 0.3 is 0 Å². The molecule has 3 aromatic rings. The standard InChI is InChI=1S/C19H13F2N3O3/c1-9(25)15-17(11-3-2-4-12(20)16(11)21)24(19(27)18(15)26)10-5-6-13-14(7-10)23-8-22-13/h2-8,17,26H,1H3,(H,22,23). The number of benzene rings is 2. The van der Waals surface area contributed by atoms with E-state index in [1.54, 1.807) is 18.2 Å². The van der Waals surface area contributed by atoms with Gasteiger partial charge in [0, 0.05) is 11.3 Å². The fourth-order valence-corrected chi connectivity index (χ4v) is 3.33. The molecule has 0 saturated heterocycles. The number of aliphatic hydroxyl groups excluding tert-OH is 1. The number of hydrogen-bond donors (Lipinski definition) is 2. The molecule has 1 aliphatic heterocycles. The first-order valence-corrected chi connectivity index (χ1v) is 8.05. The van der Waals surface area contributed by atoms with Crippen LogP contribution < -0.4 is 4.90 Å². The molecular weight excluding hydrogens is 356 g/mol. The first-order valence-electron chi connectivity index (χ1n) is 8.05. The second-order valence-corrected chi connectivity index (χ2v) is 6.14. The molecule has 4 rings (SSSR count). The maximum absolute atomic E-state index is 14.5. The van der Waals surface area contributed by atoms with Gasteiger partial charge in [-0.25, -0.2) is 13.8 Å². The summed E-state index contributed by atoms with van der Waals surface area (Å²) in [6, 6.07) is 6.99. The number of anilines is 1. The number of hydrogen-bond acceptors (Lipinski definition) is 4. The highest BCUT2D eigenvalue weighted by Crippen LogP contribution is 2.42. The topological polar surface area (TPSA) is 86.3 Å². The number of fused-ring (bicyclic) bond motifs is 1. The second kappa shape index (κ2) is 6.01. The van der Waals surface area contributed by atoms with Crippen LogP contribution >= 0.6 is 0 Å². The number of aromatic amines is 1. The number of aromatic nitrogens is 2. The number of nitrogens with one attached hydrogen (secondary N) is 1. The van der Waals surface area contributed by atoms with E-state index < -0.39 is 35.1 Å². The van der Waals surface area contributed by atoms with Crippen molar-refractivity contribution in [3.05, 3.63) is 71.3 Å². The number of rotatable bonds is 3. The summed E-state index contributed by atoms with van der Waals surface area (Å²) in [6.07, 6.45) is 1.47. The Morgan fingerprint density at radius 1 is 1.26 bits per heavy atom. The third-order valence-electron chi connectivity index (χ3n) is 4.55. The molecule has 1 amide bonds. The minimum atomic E-state index is -1.29. The van der Waals surface area contributed by atoms with Gasteiger partial charge in [0.2, 0.25) is 0 Å². The predicted octanol–water partition coefficient (Wildman–Crippen LogP) is 3.33. The number of nitrogens with zero attached hydrogens (tertiary/aromatic N) is 2. The Labute approximate surface area is 151 Å². The lowest BCUT2D eigenvalue weighted by molar-refractivity contribution is -0.117. The van der Waals surface area contributed by atoms with Gasteiger partial charge in [-0.1, -0.05) is 12.1 Å². The zero-order chi connectivity index (χ0) is 19.3. The number of imidazole rings is 1. The lowest BCUT2D eigenvalue weighted by Gasteiger charge is -2.27. The zero-order valence-electron chi connectivity index (χ0n) is 14.0. The van der Waals surface area contributed by atoms with Gasteiger partial charge in [0.1, 0.15) is 0 Å². The van der Waals surface area contributed by atoms with Crippen LogP contribution in [0.4, 0.5) is 14.5 Å². The van der Waals surface area contributed by atoms with E-state index in [1.165, 1.54) is 18.5 Å². The first kappa shape index (κ1) is 16.9. The van der Waals surface area contributed by atoms with Crippen LogP contribution in [0.1, 0.15) is 18.5 Å². The van der Waals surface area contributed by atoms with E-state index in [2.05, 4.69) is 9.97 Å². The zero-order valence-corrected chi connectivity index (χ0v) is 14.0. The molecule has 0 bridgehead atoms. The molecule has 0 aliphatic carbocycles. The maximum Gasteiger partial charge on any atom is 0.294 e. The van der Waals surface area contributed by atoms with Crippen LogP contribution in [0.15, 0.2) is 54.1 Å². The Bertz CT molecular complexity index is 1140. The van der Waals surface area contributed by atoms with E-state index in [9.17, 15) is 23.5 Å². The highest BCUT2D eigenvalue weighted by Gasteiger charge is 2.44. The van der Waals surface area contributed by atoms with Crippen LogP contribution in [0.2, 0.25) is 0 Å². The van der Waals surface area contributed by atoms with Crippen molar-refractivity contribution >= 4 is 28.4 Å². The lowest BCUT2D eigenvalue weighted by Crippen LogP contribution is -2.31. The molecule has 1 atom stereocenters. The predicted molar refractivity (Wildman–Crippen MR) is 93.0 cm³/mol. The summed E-state index contributed by atoms with van der Waals surface area (Å²) in [5, 5.41) is 10.3. The van der Waals surface area contributed by atoms with Gasteiger partial charge in [0.05, 0.1) is 29.0 Å². The van der Waals surface area contributed by atoms with Gasteiger partial charge in [0.25, 0.3) is 5.91 Å². The first-order chi connectivity index (χ1) is 12.9. The largest absolute Gasteiger partial charge is 0.503 e. The molecule has 0 spiro atoms. The van der Waals surface area contributed by atoms with Gasteiger partial charge in [-0.3, -0.25) is 14.5 Å². The summed E-state index contributed by atoms with van der Waals surface area (Å²) in [5.74, 6) is -4.55. The molecule has 1 unspecified atom stereocenters. The highest BCUT2D eigenvalue weighted by molar-refractivity contribution is 6.16. The van der Waals surface area contributed by atoms with E-state index >= 15 is 0 Å². The van der Waals surface area contributed by atoms with E-state index in [1.807, 2.05) is 0 Å². The summed E-state index contributed by atoms with van der Waals surface area (Å²) in [4.78, 5) is 32.8. The quantitative estimate of drug-likeness (QED) is 0.741. The number of aliphatic hydroxyl groups is 1. The minimum Gasteiger partial charge on any atom is -0.503 e. The highest BCUT2D eigenvalue weighted by atomic mass is 19.2. The third kappa shape index (κ3) is 2.49. The normalized spacial score (nSPS) is 17.2. The van der Waals surface area contributed by atoms with Gasteiger partial charge in [0.15, 0.2) is 23.2 Å². The van der Waals surface area contributed by atoms with Crippen molar-refractivity contribution in [1.82, 2.24) is 9.97 Å². The van der Waals surface area contributed by atoms with E-state index in [4.69, 9.17) is 0 Å². The smallest absolute Gasteiger partial charge is 0.294 e. The van der Waals surface area contributed by atoms with Crippen LogP contribution in [0, 0.1) is 11.6 Å². The fourth-order valence-electron chi connectivity index (χ4n) is 3.33. The van der Waals surface area contributed by atoms with E-state index in [0.29, 0.717) is 16.7 Å². The van der Waals surface area contributed by atoms with Crippen molar-refractivity contribution in [3.8, 4) is 0 Å². The van der Waals surface area contributed by atoms with Crippen molar-refractivity contribution < 1.29 is 23.5 Å². The van der Waals surface area contributed by atoms with Crippen molar-refractivity contribution in [2.45, 2.75) is 13.0 Å². The number of ketones is 1. The SMILES string of the molecule is CC(=O)C1=C(O)C(=O)N(c2ccc3nc[nH]c3c2)C1c1cccc(F)c1F. The summed E-state index contributed by atoms with van der Waals surface area (Å²) >= 11 is 0. The molecule has 1 aromatic heterocycles. The Hall–Kier alpha value is -3.55. The molecule has 0 fully saturated rings. The third-order valence-corrected chi connectivity index (χ3v) is 4.55. The molecule has 27 heavy (non-hydrogen) atoms. The number of carbonyl (C=O) groups excluding carboxylic acids is 2. The molecule has 0 saturated carbocycles. The number of halogens is 2. The Morgan fingerprint density at radius 2 is 2.04 bits per heavy atom.